The lowest BCUT2D eigenvalue weighted by molar-refractivity contribution is 0.476. The van der Waals surface area contributed by atoms with Gasteiger partial charge in [0.05, 0.1) is 20.6 Å². The fourth-order valence-electron chi connectivity index (χ4n) is 1.72. The summed E-state index contributed by atoms with van der Waals surface area (Å²) in [6.45, 7) is 1.67. The molecule has 0 saturated heterocycles. The smallest absolute Gasteiger partial charge is 0.262 e. The van der Waals surface area contributed by atoms with E-state index in [4.69, 9.17) is 34.8 Å². The van der Waals surface area contributed by atoms with Gasteiger partial charge in [-0.3, -0.25) is 4.72 Å². The molecule has 0 radical (unpaired) electrons. The van der Waals surface area contributed by atoms with E-state index in [0.29, 0.717) is 5.56 Å². The second-order valence-corrected chi connectivity index (χ2v) is 7.07. The summed E-state index contributed by atoms with van der Waals surface area (Å²) < 4.78 is 27.0. The van der Waals surface area contributed by atoms with Crippen LogP contribution < -0.4 is 4.72 Å². The molecule has 0 spiro atoms. The summed E-state index contributed by atoms with van der Waals surface area (Å²) >= 11 is 17.5. The number of rotatable bonds is 3. The maximum atomic E-state index is 12.4. The minimum Gasteiger partial charge on any atom is -0.505 e. The van der Waals surface area contributed by atoms with E-state index >= 15 is 0 Å². The number of benzene rings is 2. The van der Waals surface area contributed by atoms with Crippen molar-refractivity contribution in [2.75, 3.05) is 4.72 Å². The van der Waals surface area contributed by atoms with Crippen LogP contribution in [0.1, 0.15) is 5.56 Å². The summed E-state index contributed by atoms with van der Waals surface area (Å²) in [7, 11) is -3.85. The molecule has 0 atom stereocenters. The Morgan fingerprint density at radius 1 is 1.10 bits per heavy atom. The monoisotopic (exact) mass is 365 g/mol. The van der Waals surface area contributed by atoms with Crippen molar-refractivity contribution in [3.63, 3.8) is 0 Å². The van der Waals surface area contributed by atoms with Crippen LogP contribution >= 0.6 is 34.8 Å². The van der Waals surface area contributed by atoms with Crippen LogP contribution in [0.2, 0.25) is 15.1 Å². The fraction of sp³-hybridized carbons (Fsp3) is 0.0769. The molecule has 0 aliphatic rings. The van der Waals surface area contributed by atoms with Gasteiger partial charge in [0.2, 0.25) is 0 Å². The van der Waals surface area contributed by atoms with Crippen LogP contribution in [0.5, 0.6) is 5.75 Å². The highest BCUT2D eigenvalue weighted by Gasteiger charge is 2.21. The van der Waals surface area contributed by atoms with Crippen LogP contribution in [0.15, 0.2) is 35.2 Å². The molecule has 0 fully saturated rings. The number of anilines is 1. The van der Waals surface area contributed by atoms with Gasteiger partial charge in [-0.25, -0.2) is 8.42 Å². The average molecular weight is 367 g/mol. The summed E-state index contributed by atoms with van der Waals surface area (Å²) in [4.78, 5) is 0.112. The second kappa shape index (κ2) is 5.93. The first-order valence-electron chi connectivity index (χ1n) is 5.69. The highest BCUT2D eigenvalue weighted by atomic mass is 35.5. The molecule has 2 N–H and O–H groups in total. The number of aryl methyl sites for hydroxylation is 1. The summed E-state index contributed by atoms with van der Waals surface area (Å²) in [5.74, 6) is -0.401. The molecule has 0 aliphatic carbocycles. The third-order valence-corrected chi connectivity index (χ3v) is 5.43. The van der Waals surface area contributed by atoms with Crippen molar-refractivity contribution in [2.24, 2.45) is 0 Å². The summed E-state index contributed by atoms with van der Waals surface area (Å²) in [6, 6.07) is 7.68. The lowest BCUT2D eigenvalue weighted by atomic mass is 10.2. The zero-order chi connectivity index (χ0) is 15.8. The molecule has 0 amide bonds. The third-order valence-electron chi connectivity index (χ3n) is 2.76. The van der Waals surface area contributed by atoms with E-state index in [-0.39, 0.29) is 25.7 Å². The SMILES string of the molecule is Cc1ccccc1S(=O)(=O)Nc1cc(Cl)c(O)c(Cl)c1Cl. The highest BCUT2D eigenvalue weighted by Crippen LogP contribution is 2.42. The zero-order valence-electron chi connectivity index (χ0n) is 10.7. The Hall–Kier alpha value is -1.14. The van der Waals surface area contributed by atoms with Crippen molar-refractivity contribution in [3.8, 4) is 5.75 Å². The lowest BCUT2D eigenvalue weighted by Gasteiger charge is -2.13. The molecule has 112 valence electrons. The van der Waals surface area contributed by atoms with Gasteiger partial charge in [0.15, 0.2) is 5.75 Å². The van der Waals surface area contributed by atoms with Crippen LogP contribution in [0.3, 0.4) is 0 Å². The van der Waals surface area contributed by atoms with Crippen LogP contribution in [0.4, 0.5) is 5.69 Å². The Morgan fingerprint density at radius 3 is 2.33 bits per heavy atom. The van der Waals surface area contributed by atoms with Gasteiger partial charge >= 0.3 is 0 Å². The van der Waals surface area contributed by atoms with Crippen molar-refractivity contribution >= 4 is 50.5 Å². The molecule has 2 aromatic rings. The van der Waals surface area contributed by atoms with E-state index in [2.05, 4.69) is 4.72 Å². The van der Waals surface area contributed by atoms with E-state index < -0.39 is 15.8 Å². The first-order chi connectivity index (χ1) is 9.74. The Labute approximate surface area is 137 Å². The van der Waals surface area contributed by atoms with E-state index in [1.807, 2.05) is 0 Å². The first-order valence-corrected chi connectivity index (χ1v) is 8.30. The molecule has 0 aromatic heterocycles. The molecule has 0 saturated carbocycles. The first kappa shape index (κ1) is 16.2. The predicted octanol–water partition coefficient (Wildman–Crippen LogP) is 4.46. The number of hydrogen-bond acceptors (Lipinski definition) is 3. The molecule has 0 heterocycles. The number of sulfonamides is 1. The highest BCUT2D eigenvalue weighted by molar-refractivity contribution is 7.92. The molecule has 21 heavy (non-hydrogen) atoms. The number of phenolic OH excluding ortho intramolecular Hbond substituents is 1. The molecule has 2 rings (SSSR count). The number of phenols is 1. The lowest BCUT2D eigenvalue weighted by Crippen LogP contribution is -2.14. The maximum absolute atomic E-state index is 12.4. The minimum absolute atomic E-state index is 0.00674. The van der Waals surface area contributed by atoms with Crippen molar-refractivity contribution in [1.82, 2.24) is 0 Å². The molecule has 0 bridgehead atoms. The van der Waals surface area contributed by atoms with E-state index in [1.54, 1.807) is 25.1 Å². The topological polar surface area (TPSA) is 66.4 Å². The van der Waals surface area contributed by atoms with Gasteiger partial charge in [0, 0.05) is 0 Å². The Balaban J connectivity index is 2.50. The van der Waals surface area contributed by atoms with E-state index in [1.165, 1.54) is 12.1 Å². The van der Waals surface area contributed by atoms with Crippen LogP contribution in [0, 0.1) is 6.92 Å². The van der Waals surface area contributed by atoms with Gasteiger partial charge in [-0.05, 0) is 24.6 Å². The number of hydrogen-bond donors (Lipinski definition) is 2. The predicted molar refractivity (Wildman–Crippen MR) is 85.1 cm³/mol. The standard InChI is InChI=1S/C13H10Cl3NO3S/c1-7-4-2-3-5-10(7)21(19,20)17-9-6-8(14)13(18)12(16)11(9)15/h2-6,17-18H,1H3. The van der Waals surface area contributed by atoms with Gasteiger partial charge in [-0.15, -0.1) is 0 Å². The van der Waals surface area contributed by atoms with Gasteiger partial charge in [-0.2, -0.15) is 0 Å². The average Bonchev–Trinajstić information content (AvgIpc) is 2.42. The quantitative estimate of drug-likeness (QED) is 0.622. The number of aromatic hydroxyl groups is 1. The minimum atomic E-state index is -3.85. The molecule has 8 heteroatoms. The maximum Gasteiger partial charge on any atom is 0.262 e. The Morgan fingerprint density at radius 2 is 1.71 bits per heavy atom. The normalized spacial score (nSPS) is 11.4. The largest absolute Gasteiger partial charge is 0.505 e. The van der Waals surface area contributed by atoms with Gasteiger partial charge in [0.1, 0.15) is 5.02 Å². The van der Waals surface area contributed by atoms with E-state index in [0.717, 1.165) is 0 Å². The summed E-state index contributed by atoms with van der Waals surface area (Å²) in [5, 5.41) is 9.10. The van der Waals surface area contributed by atoms with Gasteiger partial charge in [-0.1, -0.05) is 53.0 Å². The van der Waals surface area contributed by atoms with Crippen molar-refractivity contribution in [2.45, 2.75) is 11.8 Å². The Kier molecular flexibility index (Phi) is 4.58. The number of nitrogens with one attached hydrogen (secondary N) is 1. The molecule has 2 aromatic carbocycles. The molecular formula is C13H10Cl3NO3S. The van der Waals surface area contributed by atoms with Crippen LogP contribution in [0.25, 0.3) is 0 Å². The van der Waals surface area contributed by atoms with Gasteiger partial charge in [0.25, 0.3) is 10.0 Å². The Bertz CT molecular complexity index is 807. The molecule has 0 aliphatic heterocycles. The molecule has 4 nitrogen and oxygen atoms in total. The van der Waals surface area contributed by atoms with Crippen LogP contribution in [-0.4, -0.2) is 13.5 Å². The molecule has 0 unspecified atom stereocenters. The van der Waals surface area contributed by atoms with E-state index in [9.17, 15) is 13.5 Å². The fourth-order valence-corrected chi connectivity index (χ4v) is 3.73. The second-order valence-electron chi connectivity index (χ2n) is 4.25. The summed E-state index contributed by atoms with van der Waals surface area (Å²) in [5.41, 5.74) is 0.574. The van der Waals surface area contributed by atoms with Crippen molar-refractivity contribution in [3.05, 3.63) is 51.0 Å². The van der Waals surface area contributed by atoms with Crippen molar-refractivity contribution in [1.29, 1.82) is 0 Å². The van der Waals surface area contributed by atoms with Crippen LogP contribution in [-0.2, 0) is 10.0 Å². The zero-order valence-corrected chi connectivity index (χ0v) is 13.8. The van der Waals surface area contributed by atoms with Crippen molar-refractivity contribution < 1.29 is 13.5 Å². The third kappa shape index (κ3) is 3.21. The van der Waals surface area contributed by atoms with Gasteiger partial charge < -0.3 is 5.11 Å². The summed E-state index contributed by atoms with van der Waals surface area (Å²) in [6.07, 6.45) is 0. The number of halogens is 3. The molecular weight excluding hydrogens is 357 g/mol.